The van der Waals surface area contributed by atoms with Gasteiger partial charge in [0.1, 0.15) is 6.54 Å². The first kappa shape index (κ1) is 23.5. The van der Waals surface area contributed by atoms with E-state index in [1.54, 1.807) is 0 Å². The van der Waals surface area contributed by atoms with Crippen LogP contribution in [0.2, 0.25) is 5.02 Å². The van der Waals surface area contributed by atoms with E-state index in [-0.39, 0.29) is 22.0 Å². The Kier molecular flexibility index (Phi) is 6.99. The Bertz CT molecular complexity index is 1070. The summed E-state index contributed by atoms with van der Waals surface area (Å²) in [7, 11) is -2.95. The number of nitrogens with zero attached hydrogens (tertiary/aromatic N) is 1. The molecule has 2 rings (SSSR count). The smallest absolute Gasteiger partial charge is 0.416 e. The Morgan fingerprint density at radius 3 is 2.40 bits per heavy atom. The summed E-state index contributed by atoms with van der Waals surface area (Å²) in [6, 6.07) is 7.50. The fraction of sp³-hybridized carbons (Fsp3) is 0.222. The highest BCUT2D eigenvalue weighted by Gasteiger charge is 2.32. The quantitative estimate of drug-likeness (QED) is 0.660. The summed E-state index contributed by atoms with van der Waals surface area (Å²) in [6.07, 6.45) is -3.92. The molecule has 0 saturated carbocycles. The summed E-state index contributed by atoms with van der Waals surface area (Å²) >= 11 is 5.89. The third-order valence-corrected chi connectivity index (χ3v) is 5.27. The molecule has 0 atom stereocenters. The van der Waals surface area contributed by atoms with Gasteiger partial charge in [0.2, 0.25) is 15.9 Å². The van der Waals surface area contributed by atoms with Gasteiger partial charge < -0.3 is 10.1 Å². The van der Waals surface area contributed by atoms with Gasteiger partial charge in [0.05, 0.1) is 35.2 Å². The maximum Gasteiger partial charge on any atom is 0.416 e. The van der Waals surface area contributed by atoms with Crippen LogP contribution < -0.4 is 9.62 Å². The van der Waals surface area contributed by atoms with E-state index < -0.39 is 40.2 Å². The topological polar surface area (TPSA) is 92.8 Å². The summed E-state index contributed by atoms with van der Waals surface area (Å²) < 4.78 is 68.1. The first-order chi connectivity index (χ1) is 13.8. The number of esters is 1. The van der Waals surface area contributed by atoms with Crippen LogP contribution in [0.5, 0.6) is 0 Å². The van der Waals surface area contributed by atoms with Crippen molar-refractivity contribution < 1.29 is 35.9 Å². The van der Waals surface area contributed by atoms with Crippen molar-refractivity contribution in [1.82, 2.24) is 0 Å². The van der Waals surface area contributed by atoms with Crippen molar-refractivity contribution in [1.29, 1.82) is 0 Å². The van der Waals surface area contributed by atoms with Crippen LogP contribution in [0.3, 0.4) is 0 Å². The number of alkyl halides is 3. The fourth-order valence-corrected chi connectivity index (χ4v) is 3.48. The van der Waals surface area contributed by atoms with Gasteiger partial charge in [-0.2, -0.15) is 13.2 Å². The minimum Gasteiger partial charge on any atom is -0.465 e. The number of hydrogen-bond donors (Lipinski definition) is 1. The number of benzene rings is 2. The molecule has 1 N–H and O–H groups in total. The number of anilines is 2. The molecular weight excluding hydrogens is 449 g/mol. The lowest BCUT2D eigenvalue weighted by Gasteiger charge is -2.23. The SMILES string of the molecule is COC(=O)c1cc(NC(=O)CN(c2cccc(C(F)(F)F)c2)S(C)(=O)=O)ccc1Cl. The van der Waals surface area contributed by atoms with Gasteiger partial charge in [0.15, 0.2) is 0 Å². The Morgan fingerprint density at radius 1 is 1.17 bits per heavy atom. The van der Waals surface area contributed by atoms with Gasteiger partial charge in [0.25, 0.3) is 0 Å². The second-order valence-corrected chi connectivity index (χ2v) is 8.37. The molecule has 0 bridgehead atoms. The molecule has 0 aromatic heterocycles. The molecule has 0 heterocycles. The third-order valence-electron chi connectivity index (χ3n) is 3.80. The standard InChI is InChI=1S/C18H16ClF3N2O5S/c1-29-17(26)14-9-12(6-7-15(14)19)23-16(25)10-24(30(2,27)28)13-5-3-4-11(8-13)18(20,21)22/h3-9H,10H2,1-2H3,(H,23,25). The normalized spacial score (nSPS) is 11.7. The number of ether oxygens (including phenoxy) is 1. The van der Waals surface area contributed by atoms with E-state index >= 15 is 0 Å². The number of rotatable bonds is 6. The van der Waals surface area contributed by atoms with Gasteiger partial charge in [0, 0.05) is 5.69 Å². The molecule has 0 spiro atoms. The maximum atomic E-state index is 12.9. The van der Waals surface area contributed by atoms with Gasteiger partial charge >= 0.3 is 12.1 Å². The van der Waals surface area contributed by atoms with E-state index in [2.05, 4.69) is 10.1 Å². The number of carbonyl (C=O) groups excluding carboxylic acids is 2. The van der Waals surface area contributed by atoms with Crippen LogP contribution in [0.4, 0.5) is 24.5 Å². The third kappa shape index (κ3) is 5.86. The van der Waals surface area contributed by atoms with Gasteiger partial charge in [-0.1, -0.05) is 17.7 Å². The molecule has 12 heteroatoms. The highest BCUT2D eigenvalue weighted by molar-refractivity contribution is 7.92. The van der Waals surface area contributed by atoms with Gasteiger partial charge in [-0.15, -0.1) is 0 Å². The lowest BCUT2D eigenvalue weighted by atomic mass is 10.2. The monoisotopic (exact) mass is 464 g/mol. The van der Waals surface area contributed by atoms with Crippen LogP contribution >= 0.6 is 11.6 Å². The number of hydrogen-bond acceptors (Lipinski definition) is 5. The van der Waals surface area contributed by atoms with Gasteiger partial charge in [-0.3, -0.25) is 9.10 Å². The predicted molar refractivity (Wildman–Crippen MR) is 105 cm³/mol. The fourth-order valence-electron chi connectivity index (χ4n) is 2.44. The number of nitrogens with one attached hydrogen (secondary N) is 1. The zero-order valence-electron chi connectivity index (χ0n) is 15.7. The Morgan fingerprint density at radius 2 is 1.83 bits per heavy atom. The Balaban J connectivity index is 2.29. The molecular formula is C18H16ClF3N2O5S. The minimum atomic E-state index is -4.69. The molecule has 162 valence electrons. The van der Waals surface area contributed by atoms with E-state index in [1.165, 1.54) is 18.2 Å². The highest BCUT2D eigenvalue weighted by Crippen LogP contribution is 2.32. The first-order valence-corrected chi connectivity index (χ1v) is 10.4. The van der Waals surface area contributed by atoms with Crippen LogP contribution in [0.1, 0.15) is 15.9 Å². The van der Waals surface area contributed by atoms with Crippen LogP contribution in [-0.2, 0) is 25.7 Å². The Hall–Kier alpha value is -2.79. The number of methoxy groups -OCH3 is 1. The number of carbonyl (C=O) groups is 2. The summed E-state index contributed by atoms with van der Waals surface area (Å²) in [5.41, 5.74) is -1.31. The second kappa shape index (κ2) is 8.92. The molecule has 0 saturated heterocycles. The van der Waals surface area contributed by atoms with Crippen molar-refractivity contribution >= 4 is 44.9 Å². The number of amides is 1. The highest BCUT2D eigenvalue weighted by atomic mass is 35.5. The van der Waals surface area contributed by atoms with Crippen molar-refractivity contribution in [3.63, 3.8) is 0 Å². The molecule has 7 nitrogen and oxygen atoms in total. The summed E-state index contributed by atoms with van der Waals surface area (Å²) in [5, 5.41) is 2.44. The summed E-state index contributed by atoms with van der Waals surface area (Å²) in [6.45, 7) is -0.795. The van der Waals surface area contributed by atoms with E-state index in [1.807, 2.05) is 0 Å². The first-order valence-electron chi connectivity index (χ1n) is 8.15. The van der Waals surface area contributed by atoms with Crippen molar-refractivity contribution in [2.24, 2.45) is 0 Å². The zero-order valence-corrected chi connectivity index (χ0v) is 17.2. The zero-order chi connectivity index (χ0) is 22.7. The molecule has 0 aliphatic rings. The van der Waals surface area contributed by atoms with Crippen molar-refractivity contribution in [2.45, 2.75) is 6.18 Å². The van der Waals surface area contributed by atoms with Crippen LogP contribution in [0.25, 0.3) is 0 Å². The second-order valence-electron chi connectivity index (χ2n) is 6.05. The molecule has 1 amide bonds. The molecule has 0 aliphatic carbocycles. The molecule has 2 aromatic rings. The van der Waals surface area contributed by atoms with Gasteiger partial charge in [-0.25, -0.2) is 13.2 Å². The molecule has 2 aromatic carbocycles. The van der Waals surface area contributed by atoms with E-state index in [4.69, 9.17) is 11.6 Å². The van der Waals surface area contributed by atoms with Crippen molar-refractivity contribution in [3.8, 4) is 0 Å². The lowest BCUT2D eigenvalue weighted by molar-refractivity contribution is -0.137. The van der Waals surface area contributed by atoms with Crippen LogP contribution in [-0.4, -0.2) is 40.2 Å². The van der Waals surface area contributed by atoms with E-state index in [9.17, 15) is 31.2 Å². The number of halogens is 4. The minimum absolute atomic E-state index is 0.0326. The molecule has 0 fully saturated rings. The summed E-state index contributed by atoms with van der Waals surface area (Å²) in [5.74, 6) is -1.60. The molecule has 0 radical (unpaired) electrons. The van der Waals surface area contributed by atoms with Crippen LogP contribution in [0, 0.1) is 0 Å². The molecule has 0 aliphatic heterocycles. The van der Waals surface area contributed by atoms with Crippen molar-refractivity contribution in [3.05, 3.63) is 58.6 Å². The molecule has 0 unspecified atom stereocenters. The summed E-state index contributed by atoms with van der Waals surface area (Å²) in [4.78, 5) is 24.1. The predicted octanol–water partition coefficient (Wildman–Crippen LogP) is 3.55. The molecule has 30 heavy (non-hydrogen) atoms. The van der Waals surface area contributed by atoms with E-state index in [0.29, 0.717) is 10.4 Å². The lowest BCUT2D eigenvalue weighted by Crippen LogP contribution is -2.37. The Labute approximate surface area is 175 Å². The number of sulfonamides is 1. The largest absolute Gasteiger partial charge is 0.465 e. The average Bonchev–Trinajstić information content (AvgIpc) is 2.65. The average molecular weight is 465 g/mol. The maximum absolute atomic E-state index is 12.9. The van der Waals surface area contributed by atoms with E-state index in [0.717, 1.165) is 31.6 Å². The van der Waals surface area contributed by atoms with Crippen LogP contribution in [0.15, 0.2) is 42.5 Å². The van der Waals surface area contributed by atoms with Gasteiger partial charge in [-0.05, 0) is 36.4 Å². The van der Waals surface area contributed by atoms with Crippen molar-refractivity contribution in [2.75, 3.05) is 29.5 Å².